The molecule has 0 saturated carbocycles. The lowest BCUT2D eigenvalue weighted by molar-refractivity contribution is 0.102. The van der Waals surface area contributed by atoms with Crippen molar-refractivity contribution in [1.82, 2.24) is 4.90 Å². The van der Waals surface area contributed by atoms with Gasteiger partial charge in [-0.3, -0.25) is 4.90 Å². The molecule has 0 bridgehead atoms. The van der Waals surface area contributed by atoms with Crippen LogP contribution in [0.2, 0.25) is 0 Å². The van der Waals surface area contributed by atoms with E-state index in [4.69, 9.17) is 11.0 Å². The summed E-state index contributed by atoms with van der Waals surface area (Å²) in [6, 6.07) is 2.93. The Morgan fingerprint density at radius 3 is 2.46 bits per heavy atom. The summed E-state index contributed by atoms with van der Waals surface area (Å²) in [6.45, 7) is 5.17. The molecule has 3 unspecified atom stereocenters. The molecule has 13 heavy (non-hydrogen) atoms. The molecule has 1 heterocycles. The molecular weight excluding hydrogens is 162 g/mol. The second kappa shape index (κ2) is 4.59. The van der Waals surface area contributed by atoms with Crippen LogP contribution in [0.15, 0.2) is 0 Å². The average Bonchev–Trinajstić information content (AvgIpc) is 2.11. The summed E-state index contributed by atoms with van der Waals surface area (Å²) in [5, 5.41) is 8.64. The molecule has 3 atom stereocenters. The van der Waals surface area contributed by atoms with Crippen LogP contribution in [-0.2, 0) is 0 Å². The van der Waals surface area contributed by atoms with Crippen LogP contribution in [0.25, 0.3) is 0 Å². The van der Waals surface area contributed by atoms with Crippen LogP contribution in [-0.4, -0.2) is 29.6 Å². The second-order valence-corrected chi connectivity index (χ2v) is 4.06. The van der Waals surface area contributed by atoms with Crippen molar-refractivity contribution in [3.8, 4) is 6.07 Å². The lowest BCUT2D eigenvalue weighted by Crippen LogP contribution is -2.48. The van der Waals surface area contributed by atoms with E-state index in [1.54, 1.807) is 0 Å². The van der Waals surface area contributed by atoms with Gasteiger partial charge in [0.25, 0.3) is 0 Å². The summed E-state index contributed by atoms with van der Waals surface area (Å²) in [7, 11) is 0. The van der Waals surface area contributed by atoms with Gasteiger partial charge in [0.2, 0.25) is 0 Å². The highest BCUT2D eigenvalue weighted by atomic mass is 15.2. The second-order valence-electron chi connectivity index (χ2n) is 4.06. The van der Waals surface area contributed by atoms with Gasteiger partial charge >= 0.3 is 0 Å². The maximum atomic E-state index is 8.64. The van der Waals surface area contributed by atoms with Gasteiger partial charge < -0.3 is 5.73 Å². The van der Waals surface area contributed by atoms with E-state index in [-0.39, 0.29) is 6.04 Å². The Hall–Kier alpha value is -0.590. The van der Waals surface area contributed by atoms with Gasteiger partial charge in [-0.05, 0) is 26.7 Å². The fourth-order valence-electron chi connectivity index (χ4n) is 2.10. The monoisotopic (exact) mass is 181 g/mol. The Balaban J connectivity index is 2.49. The van der Waals surface area contributed by atoms with E-state index in [0.29, 0.717) is 12.1 Å². The molecule has 74 valence electrons. The first-order valence-corrected chi connectivity index (χ1v) is 5.06. The summed E-state index contributed by atoms with van der Waals surface area (Å²) < 4.78 is 0. The van der Waals surface area contributed by atoms with Crippen LogP contribution in [0, 0.1) is 11.3 Å². The van der Waals surface area contributed by atoms with Gasteiger partial charge in [-0.2, -0.15) is 5.26 Å². The minimum atomic E-state index is -0.331. The molecule has 3 heteroatoms. The molecule has 0 aromatic heterocycles. The van der Waals surface area contributed by atoms with Gasteiger partial charge in [0.15, 0.2) is 0 Å². The van der Waals surface area contributed by atoms with Gasteiger partial charge in [0.05, 0.1) is 6.07 Å². The minimum absolute atomic E-state index is 0.331. The first-order chi connectivity index (χ1) is 6.15. The van der Waals surface area contributed by atoms with E-state index in [9.17, 15) is 0 Å². The van der Waals surface area contributed by atoms with E-state index >= 15 is 0 Å². The molecule has 3 nitrogen and oxygen atoms in total. The minimum Gasteiger partial charge on any atom is -0.315 e. The van der Waals surface area contributed by atoms with E-state index in [1.165, 1.54) is 19.3 Å². The summed E-state index contributed by atoms with van der Waals surface area (Å²) in [5.74, 6) is 0. The smallest absolute Gasteiger partial charge is 0.106 e. The molecule has 1 rings (SSSR count). The average molecular weight is 181 g/mol. The van der Waals surface area contributed by atoms with Gasteiger partial charge in [-0.1, -0.05) is 6.42 Å². The maximum Gasteiger partial charge on any atom is 0.106 e. The molecule has 2 N–H and O–H groups in total. The zero-order valence-electron chi connectivity index (χ0n) is 8.53. The van der Waals surface area contributed by atoms with Crippen molar-refractivity contribution in [2.45, 2.75) is 51.2 Å². The largest absolute Gasteiger partial charge is 0.315 e. The quantitative estimate of drug-likeness (QED) is 0.694. The number of rotatable bonds is 2. The van der Waals surface area contributed by atoms with Gasteiger partial charge in [-0.25, -0.2) is 0 Å². The molecule has 0 aromatic carbocycles. The van der Waals surface area contributed by atoms with Crippen LogP contribution in [0.5, 0.6) is 0 Å². The molecule has 1 aliphatic rings. The third-order valence-corrected chi connectivity index (χ3v) is 2.95. The molecule has 0 amide bonds. The highest BCUT2D eigenvalue weighted by molar-refractivity contribution is 4.92. The van der Waals surface area contributed by atoms with E-state index < -0.39 is 0 Å². The SMILES string of the molecule is CC1CCCC(C)N1CC(N)C#N. The number of hydrogen-bond donors (Lipinski definition) is 1. The molecule has 1 fully saturated rings. The molecule has 0 aliphatic carbocycles. The third kappa shape index (κ3) is 2.68. The van der Waals surface area contributed by atoms with Crippen molar-refractivity contribution in [1.29, 1.82) is 5.26 Å². The standard InChI is InChI=1S/C10H19N3/c1-8-4-3-5-9(2)13(8)7-10(12)6-11/h8-10H,3-5,7,12H2,1-2H3. The number of nitrogens with zero attached hydrogens (tertiary/aromatic N) is 2. The predicted molar refractivity (Wildman–Crippen MR) is 53.1 cm³/mol. The number of nitrogens with two attached hydrogens (primary N) is 1. The Kier molecular flexibility index (Phi) is 3.71. The van der Waals surface area contributed by atoms with Crippen LogP contribution < -0.4 is 5.73 Å². The number of hydrogen-bond acceptors (Lipinski definition) is 3. The fourth-order valence-corrected chi connectivity index (χ4v) is 2.10. The van der Waals surface area contributed by atoms with Crippen LogP contribution in [0.3, 0.4) is 0 Å². The first kappa shape index (κ1) is 10.5. The van der Waals surface area contributed by atoms with Crippen LogP contribution in [0.1, 0.15) is 33.1 Å². The Labute approximate surface area is 80.5 Å². The number of likely N-dealkylation sites (tertiary alicyclic amines) is 1. The normalized spacial score (nSPS) is 32.5. The molecular formula is C10H19N3. The van der Waals surface area contributed by atoms with Gasteiger partial charge in [0, 0.05) is 18.6 Å². The van der Waals surface area contributed by atoms with E-state index in [2.05, 4.69) is 24.8 Å². The van der Waals surface area contributed by atoms with E-state index in [0.717, 1.165) is 6.54 Å². The Morgan fingerprint density at radius 2 is 2.00 bits per heavy atom. The van der Waals surface area contributed by atoms with Crippen LogP contribution >= 0.6 is 0 Å². The summed E-state index contributed by atoms with van der Waals surface area (Å²) in [5.41, 5.74) is 5.63. The first-order valence-electron chi connectivity index (χ1n) is 5.06. The third-order valence-electron chi connectivity index (χ3n) is 2.95. The predicted octanol–water partition coefficient (Wildman–Crippen LogP) is 1.10. The van der Waals surface area contributed by atoms with E-state index in [1.807, 2.05) is 0 Å². The lowest BCUT2D eigenvalue weighted by Gasteiger charge is -2.39. The lowest BCUT2D eigenvalue weighted by atomic mass is 9.97. The van der Waals surface area contributed by atoms with Crippen LogP contribution in [0.4, 0.5) is 0 Å². The maximum absolute atomic E-state index is 8.64. The number of nitriles is 1. The van der Waals surface area contributed by atoms with Crippen molar-refractivity contribution in [3.05, 3.63) is 0 Å². The van der Waals surface area contributed by atoms with Crippen molar-refractivity contribution < 1.29 is 0 Å². The summed E-state index contributed by atoms with van der Waals surface area (Å²) in [4.78, 5) is 2.36. The zero-order valence-corrected chi connectivity index (χ0v) is 8.53. The van der Waals surface area contributed by atoms with Crippen molar-refractivity contribution in [2.24, 2.45) is 5.73 Å². The Bertz CT molecular complexity index is 187. The highest BCUT2D eigenvalue weighted by Crippen LogP contribution is 2.21. The van der Waals surface area contributed by atoms with Crippen molar-refractivity contribution in [3.63, 3.8) is 0 Å². The molecule has 0 spiro atoms. The number of piperidine rings is 1. The molecule has 1 saturated heterocycles. The molecule has 1 aliphatic heterocycles. The Morgan fingerprint density at radius 1 is 1.46 bits per heavy atom. The summed E-state index contributed by atoms with van der Waals surface area (Å²) in [6.07, 6.45) is 3.78. The molecule has 0 radical (unpaired) electrons. The fraction of sp³-hybridized carbons (Fsp3) is 0.900. The highest BCUT2D eigenvalue weighted by Gasteiger charge is 2.25. The van der Waals surface area contributed by atoms with Gasteiger partial charge in [0.1, 0.15) is 6.04 Å². The van der Waals surface area contributed by atoms with Gasteiger partial charge in [-0.15, -0.1) is 0 Å². The van der Waals surface area contributed by atoms with Crippen molar-refractivity contribution in [2.75, 3.05) is 6.54 Å². The summed E-state index contributed by atoms with van der Waals surface area (Å²) >= 11 is 0. The zero-order chi connectivity index (χ0) is 9.84. The van der Waals surface area contributed by atoms with Crippen molar-refractivity contribution >= 4 is 0 Å². The molecule has 0 aromatic rings. The topological polar surface area (TPSA) is 53.0 Å².